The molecule has 1 aromatic rings. The zero-order valence-electron chi connectivity index (χ0n) is 14.8. The molecule has 25 heavy (non-hydrogen) atoms. The summed E-state index contributed by atoms with van der Waals surface area (Å²) < 4.78 is 11.3. The Labute approximate surface area is 155 Å². The summed E-state index contributed by atoms with van der Waals surface area (Å²) in [5.41, 5.74) is 0. The van der Waals surface area contributed by atoms with Crippen LogP contribution in [0.1, 0.15) is 44.9 Å². The van der Waals surface area contributed by atoms with Gasteiger partial charge >= 0.3 is 6.09 Å². The minimum absolute atomic E-state index is 0.257. The number of carbonyl (C=O) groups is 1. The summed E-state index contributed by atoms with van der Waals surface area (Å²) in [6.07, 6.45) is 9.54. The first kappa shape index (κ1) is 19.8. The molecule has 1 amide bonds. The molecule has 0 aromatic heterocycles. The van der Waals surface area contributed by atoms with Gasteiger partial charge in [-0.25, -0.2) is 4.79 Å². The van der Waals surface area contributed by atoms with Gasteiger partial charge in [0.15, 0.2) is 0 Å². The van der Waals surface area contributed by atoms with Crippen LogP contribution in [0.15, 0.2) is 36.9 Å². The molecule has 5 heteroatoms. The molecule has 0 saturated carbocycles. The van der Waals surface area contributed by atoms with Crippen molar-refractivity contribution in [2.24, 2.45) is 0 Å². The lowest BCUT2D eigenvalue weighted by Gasteiger charge is -2.31. The van der Waals surface area contributed by atoms with E-state index < -0.39 is 0 Å². The van der Waals surface area contributed by atoms with E-state index in [4.69, 9.17) is 21.1 Å². The number of unbranched alkanes of at least 4 members (excludes halogenated alkanes) is 4. The van der Waals surface area contributed by atoms with E-state index >= 15 is 0 Å². The zero-order valence-corrected chi connectivity index (χ0v) is 15.5. The number of likely N-dealkylation sites (tertiary alicyclic amines) is 1. The Hall–Kier alpha value is -1.52. The molecule has 0 atom stereocenters. The summed E-state index contributed by atoms with van der Waals surface area (Å²) >= 11 is 5.83. The molecular weight excluding hydrogens is 338 g/mol. The maximum absolute atomic E-state index is 12.2. The van der Waals surface area contributed by atoms with Crippen molar-refractivity contribution in [3.8, 4) is 5.75 Å². The number of carbonyl (C=O) groups excluding carboxylic acids is 1. The number of hydrogen-bond acceptors (Lipinski definition) is 3. The first-order valence-electron chi connectivity index (χ1n) is 9.14. The molecule has 0 aliphatic carbocycles. The number of halogens is 1. The van der Waals surface area contributed by atoms with Crippen LogP contribution in [0.2, 0.25) is 5.02 Å². The smallest absolute Gasteiger partial charge is 0.410 e. The quantitative estimate of drug-likeness (QED) is 0.431. The van der Waals surface area contributed by atoms with Gasteiger partial charge in [-0.1, -0.05) is 30.5 Å². The van der Waals surface area contributed by atoms with Crippen LogP contribution in [-0.4, -0.2) is 36.8 Å². The second-order valence-electron chi connectivity index (χ2n) is 6.37. The Balaban J connectivity index is 1.58. The molecule has 1 saturated heterocycles. The Morgan fingerprint density at radius 3 is 2.52 bits per heavy atom. The summed E-state index contributed by atoms with van der Waals surface area (Å²) in [6.45, 7) is 5.90. The number of hydrogen-bond donors (Lipinski definition) is 0. The van der Waals surface area contributed by atoms with Gasteiger partial charge in [-0.15, -0.1) is 6.58 Å². The predicted molar refractivity (Wildman–Crippen MR) is 101 cm³/mol. The highest BCUT2D eigenvalue weighted by molar-refractivity contribution is 6.30. The third kappa shape index (κ3) is 7.49. The lowest BCUT2D eigenvalue weighted by Crippen LogP contribution is -2.42. The summed E-state index contributed by atoms with van der Waals surface area (Å²) in [7, 11) is 0. The minimum Gasteiger partial charge on any atom is -0.410 e. The summed E-state index contributed by atoms with van der Waals surface area (Å²) in [6, 6.07) is 6.82. The summed E-state index contributed by atoms with van der Waals surface area (Å²) in [4.78, 5) is 13.9. The lowest BCUT2D eigenvalue weighted by molar-refractivity contribution is 0.00933. The topological polar surface area (TPSA) is 38.8 Å². The van der Waals surface area contributed by atoms with Crippen molar-refractivity contribution in [2.45, 2.75) is 51.0 Å². The van der Waals surface area contributed by atoms with Crippen molar-refractivity contribution >= 4 is 17.7 Å². The molecule has 1 aromatic carbocycles. The normalized spacial score (nSPS) is 15.2. The number of amides is 1. The van der Waals surface area contributed by atoms with Crippen LogP contribution in [-0.2, 0) is 4.74 Å². The molecule has 0 unspecified atom stereocenters. The highest BCUT2D eigenvalue weighted by atomic mass is 35.5. The lowest BCUT2D eigenvalue weighted by atomic mass is 10.1. The Bertz CT molecular complexity index is 524. The van der Waals surface area contributed by atoms with Crippen LogP contribution in [0.3, 0.4) is 0 Å². The summed E-state index contributed by atoms with van der Waals surface area (Å²) in [5, 5.41) is 0.624. The molecule has 0 spiro atoms. The van der Waals surface area contributed by atoms with Crippen LogP contribution in [0.5, 0.6) is 5.75 Å². The molecular formula is C20H28ClNO3. The number of benzene rings is 1. The number of nitrogens with zero attached hydrogens (tertiary/aromatic N) is 1. The molecule has 1 aliphatic heterocycles. The van der Waals surface area contributed by atoms with Crippen LogP contribution in [0.25, 0.3) is 0 Å². The van der Waals surface area contributed by atoms with Crippen LogP contribution in [0, 0.1) is 0 Å². The average Bonchev–Trinajstić information content (AvgIpc) is 2.63. The van der Waals surface area contributed by atoms with Crippen molar-refractivity contribution in [3.63, 3.8) is 0 Å². The van der Waals surface area contributed by atoms with Crippen LogP contribution in [0.4, 0.5) is 4.79 Å². The van der Waals surface area contributed by atoms with Crippen LogP contribution < -0.4 is 4.74 Å². The van der Waals surface area contributed by atoms with Gasteiger partial charge in [0.25, 0.3) is 0 Å². The van der Waals surface area contributed by atoms with Gasteiger partial charge in [-0.2, -0.15) is 0 Å². The van der Waals surface area contributed by atoms with Gasteiger partial charge in [0.2, 0.25) is 0 Å². The van der Waals surface area contributed by atoms with Gasteiger partial charge in [0.1, 0.15) is 5.75 Å². The first-order chi connectivity index (χ1) is 12.2. The molecule has 2 rings (SSSR count). The minimum atomic E-state index is -0.303. The van der Waals surface area contributed by atoms with Gasteiger partial charge in [0, 0.05) is 24.7 Å². The molecule has 4 nitrogen and oxygen atoms in total. The van der Waals surface area contributed by atoms with E-state index in [1.165, 1.54) is 19.3 Å². The second kappa shape index (κ2) is 11.2. The third-order valence-corrected chi connectivity index (χ3v) is 4.63. The zero-order chi connectivity index (χ0) is 17.9. The Morgan fingerprint density at radius 1 is 1.16 bits per heavy atom. The fraction of sp³-hybridized carbons (Fsp3) is 0.550. The fourth-order valence-electron chi connectivity index (χ4n) is 2.87. The molecule has 0 N–H and O–H groups in total. The highest BCUT2D eigenvalue weighted by Gasteiger charge is 2.24. The molecule has 1 fully saturated rings. The van der Waals surface area contributed by atoms with Gasteiger partial charge in [0.05, 0.1) is 6.10 Å². The number of rotatable bonds is 9. The van der Waals surface area contributed by atoms with Crippen molar-refractivity contribution < 1.29 is 14.3 Å². The van der Waals surface area contributed by atoms with E-state index in [9.17, 15) is 4.79 Å². The van der Waals surface area contributed by atoms with Crippen LogP contribution >= 0.6 is 11.6 Å². The van der Waals surface area contributed by atoms with Crippen molar-refractivity contribution in [2.75, 3.05) is 19.7 Å². The number of allylic oxidation sites excluding steroid dienone is 1. The van der Waals surface area contributed by atoms with Gasteiger partial charge in [-0.3, -0.25) is 0 Å². The monoisotopic (exact) mass is 365 g/mol. The maximum Gasteiger partial charge on any atom is 0.415 e. The highest BCUT2D eigenvalue weighted by Crippen LogP contribution is 2.19. The number of piperidine rings is 1. The van der Waals surface area contributed by atoms with E-state index in [-0.39, 0.29) is 12.2 Å². The molecule has 0 radical (unpaired) electrons. The van der Waals surface area contributed by atoms with Gasteiger partial charge < -0.3 is 14.4 Å². The SMILES string of the molecule is C=CCCCCCCOC1CCN(C(=O)Oc2ccc(Cl)cc2)CC1. The van der Waals surface area contributed by atoms with E-state index in [0.717, 1.165) is 32.3 Å². The van der Waals surface area contributed by atoms with Crippen molar-refractivity contribution in [1.29, 1.82) is 0 Å². The molecule has 0 bridgehead atoms. The third-order valence-electron chi connectivity index (χ3n) is 4.38. The van der Waals surface area contributed by atoms with Crippen molar-refractivity contribution in [1.82, 2.24) is 4.90 Å². The predicted octanol–water partition coefficient (Wildman–Crippen LogP) is 5.46. The van der Waals surface area contributed by atoms with E-state index in [1.54, 1.807) is 29.2 Å². The average molecular weight is 366 g/mol. The standard InChI is InChI=1S/C20H28ClNO3/c1-2-3-4-5-6-7-16-24-18-12-14-22(15-13-18)20(23)25-19-10-8-17(21)9-11-19/h2,8-11,18H,1,3-7,12-16H2. The molecule has 1 heterocycles. The van der Waals surface area contributed by atoms with E-state index in [0.29, 0.717) is 23.9 Å². The second-order valence-corrected chi connectivity index (χ2v) is 6.81. The fourth-order valence-corrected chi connectivity index (χ4v) is 2.99. The molecule has 1 aliphatic rings. The largest absolute Gasteiger partial charge is 0.415 e. The van der Waals surface area contributed by atoms with E-state index in [2.05, 4.69) is 6.58 Å². The first-order valence-corrected chi connectivity index (χ1v) is 9.51. The molecule has 138 valence electrons. The van der Waals surface area contributed by atoms with Crippen molar-refractivity contribution in [3.05, 3.63) is 41.9 Å². The number of ether oxygens (including phenoxy) is 2. The Morgan fingerprint density at radius 2 is 1.84 bits per heavy atom. The maximum atomic E-state index is 12.2. The van der Waals surface area contributed by atoms with E-state index in [1.807, 2.05) is 6.08 Å². The Kier molecular flexibility index (Phi) is 8.84. The van der Waals surface area contributed by atoms with Gasteiger partial charge in [-0.05, 0) is 56.4 Å². The summed E-state index contributed by atoms with van der Waals surface area (Å²) in [5.74, 6) is 0.518.